The Morgan fingerprint density at radius 3 is 2.46 bits per heavy atom. The Morgan fingerprint density at radius 2 is 1.77 bits per heavy atom. The van der Waals surface area contributed by atoms with Crippen molar-refractivity contribution in [2.24, 2.45) is 0 Å². The Morgan fingerprint density at radius 1 is 1.04 bits per heavy atom. The van der Waals surface area contributed by atoms with Gasteiger partial charge in [-0.1, -0.05) is 17.3 Å². The molecule has 0 aliphatic heterocycles. The first kappa shape index (κ1) is 17.5. The topological polar surface area (TPSA) is 75.5 Å². The van der Waals surface area contributed by atoms with E-state index < -0.39 is 5.97 Å². The van der Waals surface area contributed by atoms with Crippen molar-refractivity contribution in [2.75, 3.05) is 14.2 Å². The van der Waals surface area contributed by atoms with Gasteiger partial charge >= 0.3 is 5.97 Å². The third kappa shape index (κ3) is 3.66. The molecule has 0 radical (unpaired) electrons. The highest BCUT2D eigenvalue weighted by atomic mass is 16.5. The van der Waals surface area contributed by atoms with Crippen molar-refractivity contribution in [1.29, 1.82) is 0 Å². The molecule has 26 heavy (non-hydrogen) atoms. The number of carbonyl (C=O) groups excluding carboxylic acids is 1. The zero-order valence-electron chi connectivity index (χ0n) is 14.8. The molecule has 3 rings (SSSR count). The summed E-state index contributed by atoms with van der Waals surface area (Å²) in [5, 5.41) is 8.01. The van der Waals surface area contributed by atoms with E-state index in [1.807, 2.05) is 48.5 Å². The number of rotatable bonds is 6. The normalized spacial score (nSPS) is 10.4. The third-order valence-corrected chi connectivity index (χ3v) is 3.91. The molecule has 0 spiro atoms. The van der Waals surface area contributed by atoms with Gasteiger partial charge in [0.25, 0.3) is 0 Å². The Bertz CT molecular complexity index is 903. The molecule has 7 nitrogen and oxygen atoms in total. The van der Waals surface area contributed by atoms with Crippen LogP contribution in [0.3, 0.4) is 0 Å². The minimum absolute atomic E-state index is 0.130. The van der Waals surface area contributed by atoms with Crippen LogP contribution in [0, 0.1) is 6.92 Å². The van der Waals surface area contributed by atoms with Gasteiger partial charge < -0.3 is 14.2 Å². The molecule has 2 aromatic carbocycles. The predicted octanol–water partition coefficient (Wildman–Crippen LogP) is 2.95. The van der Waals surface area contributed by atoms with Crippen molar-refractivity contribution < 1.29 is 19.0 Å². The quantitative estimate of drug-likeness (QED) is 0.634. The van der Waals surface area contributed by atoms with E-state index in [4.69, 9.17) is 14.2 Å². The Balaban J connectivity index is 1.72. The van der Waals surface area contributed by atoms with Crippen LogP contribution in [-0.4, -0.2) is 35.2 Å². The minimum Gasteiger partial charge on any atom is -0.497 e. The van der Waals surface area contributed by atoms with E-state index in [0.717, 1.165) is 17.0 Å². The summed E-state index contributed by atoms with van der Waals surface area (Å²) in [7, 11) is 3.19. The number of methoxy groups -OCH3 is 2. The fourth-order valence-electron chi connectivity index (χ4n) is 2.47. The molecule has 0 bridgehead atoms. The zero-order valence-corrected chi connectivity index (χ0v) is 14.8. The number of esters is 1. The van der Waals surface area contributed by atoms with Crippen LogP contribution in [0.5, 0.6) is 11.5 Å². The molecule has 134 valence electrons. The number of hydrogen-bond donors (Lipinski definition) is 0. The first-order chi connectivity index (χ1) is 12.6. The standard InChI is InChI=1S/C19H19N3O4/c1-13-18(19(23)26-12-14-5-4-6-17(11-14)25-3)20-21-22(13)15-7-9-16(24-2)10-8-15/h4-11H,12H2,1-3H3. The van der Waals surface area contributed by atoms with E-state index in [0.29, 0.717) is 11.4 Å². The number of hydrogen-bond acceptors (Lipinski definition) is 6. The van der Waals surface area contributed by atoms with E-state index in [9.17, 15) is 4.79 Å². The summed E-state index contributed by atoms with van der Waals surface area (Å²) >= 11 is 0. The van der Waals surface area contributed by atoms with Gasteiger partial charge in [0.05, 0.1) is 25.6 Å². The molecule has 0 N–H and O–H groups in total. The van der Waals surface area contributed by atoms with Crippen LogP contribution in [0.25, 0.3) is 5.69 Å². The number of nitrogens with zero attached hydrogens (tertiary/aromatic N) is 3. The SMILES string of the molecule is COc1ccc(-n2nnc(C(=O)OCc3cccc(OC)c3)c2C)cc1. The highest BCUT2D eigenvalue weighted by Gasteiger charge is 2.19. The number of ether oxygens (including phenoxy) is 3. The average molecular weight is 353 g/mol. The van der Waals surface area contributed by atoms with Crippen LogP contribution < -0.4 is 9.47 Å². The Hall–Kier alpha value is -3.35. The summed E-state index contributed by atoms with van der Waals surface area (Å²) in [5.74, 6) is 0.926. The Labute approximate surface area is 151 Å². The zero-order chi connectivity index (χ0) is 18.5. The van der Waals surface area contributed by atoms with E-state index in [-0.39, 0.29) is 12.3 Å². The largest absolute Gasteiger partial charge is 0.497 e. The molecule has 0 saturated heterocycles. The molecule has 7 heteroatoms. The molecule has 3 aromatic rings. The molecule has 0 saturated carbocycles. The van der Waals surface area contributed by atoms with Gasteiger partial charge in [-0.25, -0.2) is 9.48 Å². The first-order valence-electron chi connectivity index (χ1n) is 7.99. The highest BCUT2D eigenvalue weighted by Crippen LogP contribution is 2.18. The number of aromatic nitrogens is 3. The number of benzene rings is 2. The second kappa shape index (κ2) is 7.69. The fraction of sp³-hybridized carbons (Fsp3) is 0.211. The second-order valence-corrected chi connectivity index (χ2v) is 5.56. The first-order valence-corrected chi connectivity index (χ1v) is 7.99. The summed E-state index contributed by atoms with van der Waals surface area (Å²) in [6.45, 7) is 1.90. The summed E-state index contributed by atoms with van der Waals surface area (Å²) < 4.78 is 17.2. The van der Waals surface area contributed by atoms with Crippen LogP contribution in [0.2, 0.25) is 0 Å². The van der Waals surface area contributed by atoms with Gasteiger partial charge in [0, 0.05) is 0 Å². The van der Waals surface area contributed by atoms with Gasteiger partial charge in [-0.2, -0.15) is 0 Å². The lowest BCUT2D eigenvalue weighted by atomic mass is 10.2. The lowest BCUT2D eigenvalue weighted by Crippen LogP contribution is -2.08. The molecule has 0 amide bonds. The summed E-state index contributed by atoms with van der Waals surface area (Å²) in [6, 6.07) is 14.7. The molecule has 0 fully saturated rings. The molecule has 0 atom stereocenters. The Kier molecular flexibility index (Phi) is 5.17. The molecular weight excluding hydrogens is 334 g/mol. The summed E-state index contributed by atoms with van der Waals surface area (Å²) in [6.07, 6.45) is 0. The lowest BCUT2D eigenvalue weighted by Gasteiger charge is -2.07. The molecular formula is C19H19N3O4. The smallest absolute Gasteiger partial charge is 0.361 e. The van der Waals surface area contributed by atoms with Crippen molar-refractivity contribution >= 4 is 5.97 Å². The molecule has 0 unspecified atom stereocenters. The van der Waals surface area contributed by atoms with Crippen LogP contribution in [0.4, 0.5) is 0 Å². The maximum absolute atomic E-state index is 12.3. The van der Waals surface area contributed by atoms with Crippen molar-refractivity contribution in [3.63, 3.8) is 0 Å². The van der Waals surface area contributed by atoms with Crippen molar-refractivity contribution in [2.45, 2.75) is 13.5 Å². The maximum atomic E-state index is 12.3. The summed E-state index contributed by atoms with van der Waals surface area (Å²) in [4.78, 5) is 12.3. The van der Waals surface area contributed by atoms with Gasteiger partial charge in [0.1, 0.15) is 18.1 Å². The molecule has 1 heterocycles. The van der Waals surface area contributed by atoms with Crippen molar-refractivity contribution in [3.05, 3.63) is 65.5 Å². The van der Waals surface area contributed by atoms with Gasteiger partial charge in [-0.05, 0) is 48.9 Å². The van der Waals surface area contributed by atoms with Gasteiger partial charge in [0.2, 0.25) is 0 Å². The van der Waals surface area contributed by atoms with Gasteiger partial charge in [-0.15, -0.1) is 5.10 Å². The predicted molar refractivity (Wildman–Crippen MR) is 94.8 cm³/mol. The second-order valence-electron chi connectivity index (χ2n) is 5.56. The lowest BCUT2D eigenvalue weighted by molar-refractivity contribution is 0.0464. The van der Waals surface area contributed by atoms with Crippen molar-refractivity contribution in [1.82, 2.24) is 15.0 Å². The van der Waals surface area contributed by atoms with Crippen LogP contribution in [-0.2, 0) is 11.3 Å². The average Bonchev–Trinajstić information content (AvgIpc) is 3.07. The van der Waals surface area contributed by atoms with E-state index in [2.05, 4.69) is 10.3 Å². The van der Waals surface area contributed by atoms with Crippen LogP contribution in [0.15, 0.2) is 48.5 Å². The van der Waals surface area contributed by atoms with Crippen molar-refractivity contribution in [3.8, 4) is 17.2 Å². The fourth-order valence-corrected chi connectivity index (χ4v) is 2.47. The van der Waals surface area contributed by atoms with E-state index in [1.165, 1.54) is 0 Å². The third-order valence-electron chi connectivity index (χ3n) is 3.91. The molecule has 0 aliphatic carbocycles. The minimum atomic E-state index is -0.523. The maximum Gasteiger partial charge on any atom is 0.361 e. The van der Waals surface area contributed by atoms with Crippen LogP contribution >= 0.6 is 0 Å². The van der Waals surface area contributed by atoms with Gasteiger partial charge in [0.15, 0.2) is 5.69 Å². The van der Waals surface area contributed by atoms with Gasteiger partial charge in [-0.3, -0.25) is 0 Å². The molecule has 0 aliphatic rings. The summed E-state index contributed by atoms with van der Waals surface area (Å²) in [5.41, 5.74) is 2.40. The van der Waals surface area contributed by atoms with Crippen LogP contribution in [0.1, 0.15) is 21.7 Å². The van der Waals surface area contributed by atoms with E-state index >= 15 is 0 Å². The highest BCUT2D eigenvalue weighted by molar-refractivity contribution is 5.88. The molecule has 1 aromatic heterocycles. The number of carbonyl (C=O) groups is 1. The monoisotopic (exact) mass is 353 g/mol. The van der Waals surface area contributed by atoms with E-state index in [1.54, 1.807) is 25.8 Å².